The summed E-state index contributed by atoms with van der Waals surface area (Å²) in [6.45, 7) is 4.31. The van der Waals surface area contributed by atoms with E-state index in [1.54, 1.807) is 6.21 Å². The predicted octanol–water partition coefficient (Wildman–Crippen LogP) is 8.50. The third-order valence-electron chi connectivity index (χ3n) is 8.24. The van der Waals surface area contributed by atoms with Crippen LogP contribution in [0.4, 0.5) is 0 Å². The number of nitrogens with zero attached hydrogens (tertiary/aromatic N) is 3. The van der Waals surface area contributed by atoms with Crippen LogP contribution < -0.4 is 5.43 Å². The van der Waals surface area contributed by atoms with Crippen molar-refractivity contribution in [3.8, 4) is 28.2 Å². The molecule has 2 heterocycles. The van der Waals surface area contributed by atoms with Crippen LogP contribution in [-0.4, -0.2) is 21.3 Å². The van der Waals surface area contributed by atoms with Crippen LogP contribution in [0.25, 0.3) is 28.2 Å². The molecule has 1 aliphatic rings. The van der Waals surface area contributed by atoms with Crippen LogP contribution >= 0.6 is 0 Å². The van der Waals surface area contributed by atoms with E-state index in [2.05, 4.69) is 100 Å². The summed E-state index contributed by atoms with van der Waals surface area (Å²) in [6, 6.07) is 35.5. The summed E-state index contributed by atoms with van der Waals surface area (Å²) in [5.74, 6) is -0.229. The molecule has 0 bridgehead atoms. The molecule has 0 unspecified atom stereocenters. The highest BCUT2D eigenvalue weighted by atomic mass is 16.2. The first-order valence-corrected chi connectivity index (χ1v) is 14.5. The second-order valence-electron chi connectivity index (χ2n) is 10.9. The lowest BCUT2D eigenvalue weighted by Gasteiger charge is -2.26. The second-order valence-corrected chi connectivity index (χ2v) is 10.9. The topological polar surface area (TPSA) is 51.3 Å². The molecule has 1 fully saturated rings. The average Bonchev–Trinajstić information content (AvgIpc) is 3.59. The van der Waals surface area contributed by atoms with Crippen molar-refractivity contribution in [2.45, 2.75) is 52.0 Å². The van der Waals surface area contributed by atoms with Gasteiger partial charge in [0.1, 0.15) is 0 Å². The fourth-order valence-corrected chi connectivity index (χ4v) is 6.20. The highest BCUT2D eigenvalue weighted by molar-refractivity contribution is 5.95. The minimum atomic E-state index is -0.229. The minimum absolute atomic E-state index is 0.229. The third kappa shape index (κ3) is 5.53. The Bertz CT molecular complexity index is 1600. The maximum atomic E-state index is 13.0. The molecular weight excluding hydrogens is 504 g/mol. The van der Waals surface area contributed by atoms with Gasteiger partial charge in [0, 0.05) is 34.2 Å². The van der Waals surface area contributed by atoms with Crippen molar-refractivity contribution in [3.05, 3.63) is 126 Å². The number of nitrogens with one attached hydrogen (secondary N) is 1. The lowest BCUT2D eigenvalue weighted by Crippen LogP contribution is -2.18. The van der Waals surface area contributed by atoms with E-state index in [0.29, 0.717) is 11.6 Å². The fraction of sp³-hybridized carbons (Fsp3) is 0.222. The zero-order valence-electron chi connectivity index (χ0n) is 23.8. The molecule has 6 rings (SSSR count). The number of carbonyl (C=O) groups excluding carboxylic acids is 1. The van der Waals surface area contributed by atoms with Crippen molar-refractivity contribution in [2.75, 3.05) is 0 Å². The minimum Gasteiger partial charge on any atom is -0.345 e. The molecule has 0 spiro atoms. The zero-order chi connectivity index (χ0) is 28.2. The maximum Gasteiger partial charge on any atom is 0.271 e. The van der Waals surface area contributed by atoms with Crippen LogP contribution in [0.2, 0.25) is 0 Å². The van der Waals surface area contributed by atoms with Gasteiger partial charge in [0.15, 0.2) is 0 Å². The summed E-state index contributed by atoms with van der Waals surface area (Å²) in [6.07, 6.45) is 8.18. The number of amides is 1. The summed E-state index contributed by atoms with van der Waals surface area (Å²) in [5.41, 5.74) is 12.3. The van der Waals surface area contributed by atoms with E-state index in [4.69, 9.17) is 0 Å². The van der Waals surface area contributed by atoms with Gasteiger partial charge in [-0.25, -0.2) is 5.43 Å². The Labute approximate surface area is 242 Å². The van der Waals surface area contributed by atoms with Crippen molar-refractivity contribution in [3.63, 3.8) is 0 Å². The number of rotatable bonds is 7. The summed E-state index contributed by atoms with van der Waals surface area (Å²) >= 11 is 0. The van der Waals surface area contributed by atoms with Gasteiger partial charge in [0.05, 0.1) is 17.6 Å². The number of aromatic nitrogens is 2. The third-order valence-corrected chi connectivity index (χ3v) is 8.24. The number of hydrogen-bond acceptors (Lipinski definition) is 2. The van der Waals surface area contributed by atoms with Gasteiger partial charge in [-0.2, -0.15) is 5.10 Å². The Kier molecular flexibility index (Phi) is 7.68. The Balaban J connectivity index is 1.22. The first-order valence-electron chi connectivity index (χ1n) is 14.5. The molecule has 206 valence electrons. The van der Waals surface area contributed by atoms with Crippen molar-refractivity contribution < 1.29 is 4.79 Å². The lowest BCUT2D eigenvalue weighted by atomic mass is 9.95. The van der Waals surface area contributed by atoms with Crippen molar-refractivity contribution in [1.29, 1.82) is 0 Å². The molecule has 41 heavy (non-hydrogen) atoms. The predicted molar refractivity (Wildman–Crippen MR) is 168 cm³/mol. The molecule has 5 aromatic rings. The fourth-order valence-electron chi connectivity index (χ4n) is 6.20. The molecule has 2 aromatic heterocycles. The molecule has 1 saturated carbocycles. The standard InChI is InChI=1S/C36H36N4O/c1-26-24-31(27(2)39(26)32-16-10-5-11-17-32)25-37-38-36(41)30-18-20-33(21-19-30)40-34(28-12-6-3-7-13-28)22-23-35(40)29-14-8-4-9-15-29/h3-4,6-9,12-15,18-25,32H,5,10-11,16-17H2,1-2H3,(H,38,41)/b37-25-. The van der Waals surface area contributed by atoms with E-state index >= 15 is 0 Å². The molecule has 0 radical (unpaired) electrons. The average molecular weight is 541 g/mol. The Morgan fingerprint density at radius 3 is 1.95 bits per heavy atom. The largest absolute Gasteiger partial charge is 0.345 e. The van der Waals surface area contributed by atoms with E-state index in [9.17, 15) is 4.79 Å². The quantitative estimate of drug-likeness (QED) is 0.163. The molecule has 1 N–H and O–H groups in total. The van der Waals surface area contributed by atoms with Crippen LogP contribution in [0.5, 0.6) is 0 Å². The van der Waals surface area contributed by atoms with Gasteiger partial charge in [-0.3, -0.25) is 4.79 Å². The van der Waals surface area contributed by atoms with Crippen LogP contribution in [0, 0.1) is 13.8 Å². The van der Waals surface area contributed by atoms with Gasteiger partial charge in [0.2, 0.25) is 0 Å². The van der Waals surface area contributed by atoms with E-state index in [0.717, 1.165) is 33.8 Å². The summed E-state index contributed by atoms with van der Waals surface area (Å²) in [4.78, 5) is 13.0. The van der Waals surface area contributed by atoms with E-state index in [1.807, 2.05) is 36.4 Å². The molecule has 1 aliphatic carbocycles. The van der Waals surface area contributed by atoms with Crippen molar-refractivity contribution >= 4 is 12.1 Å². The highest BCUT2D eigenvalue weighted by Gasteiger charge is 2.20. The second kappa shape index (κ2) is 11.8. The molecule has 1 amide bonds. The van der Waals surface area contributed by atoms with Crippen LogP contribution in [0.3, 0.4) is 0 Å². The summed E-state index contributed by atoms with van der Waals surface area (Å²) < 4.78 is 4.70. The smallest absolute Gasteiger partial charge is 0.271 e. The van der Waals surface area contributed by atoms with Crippen molar-refractivity contribution in [2.24, 2.45) is 5.10 Å². The van der Waals surface area contributed by atoms with Gasteiger partial charge < -0.3 is 9.13 Å². The van der Waals surface area contributed by atoms with Gasteiger partial charge in [0.25, 0.3) is 5.91 Å². The highest BCUT2D eigenvalue weighted by Crippen LogP contribution is 2.33. The monoisotopic (exact) mass is 540 g/mol. The lowest BCUT2D eigenvalue weighted by molar-refractivity contribution is 0.0955. The van der Waals surface area contributed by atoms with E-state index in [-0.39, 0.29) is 5.91 Å². The summed E-state index contributed by atoms with van der Waals surface area (Å²) in [5, 5.41) is 4.32. The maximum absolute atomic E-state index is 13.0. The first-order chi connectivity index (χ1) is 20.1. The van der Waals surface area contributed by atoms with E-state index in [1.165, 1.54) is 43.5 Å². The van der Waals surface area contributed by atoms with Gasteiger partial charge in [-0.05, 0) is 80.3 Å². The number of carbonyl (C=O) groups is 1. The first kappa shape index (κ1) is 26.6. The zero-order valence-corrected chi connectivity index (χ0v) is 23.8. The van der Waals surface area contributed by atoms with Crippen molar-refractivity contribution in [1.82, 2.24) is 14.6 Å². The number of benzene rings is 3. The van der Waals surface area contributed by atoms with Crippen LogP contribution in [0.1, 0.15) is 65.5 Å². The Morgan fingerprint density at radius 2 is 1.37 bits per heavy atom. The normalized spacial score (nSPS) is 14.0. The number of hydrazone groups is 1. The summed E-state index contributed by atoms with van der Waals surface area (Å²) in [7, 11) is 0. The van der Waals surface area contributed by atoms with Gasteiger partial charge in [-0.15, -0.1) is 0 Å². The Morgan fingerprint density at radius 1 is 0.780 bits per heavy atom. The van der Waals surface area contributed by atoms with Gasteiger partial charge >= 0.3 is 0 Å². The molecule has 5 nitrogen and oxygen atoms in total. The van der Waals surface area contributed by atoms with Crippen LogP contribution in [0.15, 0.2) is 108 Å². The van der Waals surface area contributed by atoms with E-state index < -0.39 is 0 Å². The molecule has 0 atom stereocenters. The van der Waals surface area contributed by atoms with Crippen LogP contribution in [-0.2, 0) is 0 Å². The molecule has 0 aliphatic heterocycles. The number of hydrogen-bond donors (Lipinski definition) is 1. The van der Waals surface area contributed by atoms with Gasteiger partial charge in [-0.1, -0.05) is 79.9 Å². The molecule has 0 saturated heterocycles. The number of aryl methyl sites for hydroxylation is 1. The molecular formula is C36H36N4O. The Hall–Kier alpha value is -4.64. The SMILES string of the molecule is Cc1cc(/C=N\NC(=O)c2ccc(-n3c(-c4ccccc4)ccc3-c3ccccc3)cc2)c(C)n1C1CCCCC1. The molecule has 5 heteroatoms. The molecule has 3 aromatic carbocycles.